The molecule has 0 aliphatic heterocycles. The molecule has 0 aliphatic rings. The Morgan fingerprint density at radius 3 is 2.31 bits per heavy atom. The lowest BCUT2D eigenvalue weighted by molar-refractivity contribution is -0.138. The second kappa shape index (κ2) is 3.65. The second-order valence-electron chi connectivity index (χ2n) is 2.56. The Bertz CT molecular complexity index is 333. The van der Waals surface area contributed by atoms with Crippen molar-refractivity contribution >= 4 is 34.2 Å². The smallest absolute Gasteiger partial charge is 0.166 e. The molecule has 0 saturated carbocycles. The Kier molecular flexibility index (Phi) is 3.12. The van der Waals surface area contributed by atoms with Crippen LogP contribution in [0.5, 0.6) is 0 Å². The molecule has 1 rings (SSSR count). The summed E-state index contributed by atoms with van der Waals surface area (Å²) in [4.78, 5) is 0. The van der Waals surface area contributed by atoms with Crippen LogP contribution in [-0.4, -0.2) is 0 Å². The highest BCUT2D eigenvalue weighted by Crippen LogP contribution is 2.35. The van der Waals surface area contributed by atoms with Crippen LogP contribution < -0.4 is 0 Å². The average Bonchev–Trinajstić information content (AvgIpc) is 1.94. The van der Waals surface area contributed by atoms with Gasteiger partial charge in [0.1, 0.15) is 0 Å². The van der Waals surface area contributed by atoms with Gasteiger partial charge in [0, 0.05) is 8.59 Å². The number of hydrogen-bond donors (Lipinski definition) is 0. The quantitative estimate of drug-likeness (QED) is 0.626. The van der Waals surface area contributed by atoms with E-state index in [4.69, 9.17) is 11.6 Å². The maximum Gasteiger partial charge on any atom is 0.416 e. The van der Waals surface area contributed by atoms with E-state index in [1.165, 1.54) is 13.0 Å². The lowest BCUT2D eigenvalue weighted by Gasteiger charge is -2.11. The molecule has 0 fully saturated rings. The van der Waals surface area contributed by atoms with Crippen molar-refractivity contribution < 1.29 is 13.2 Å². The summed E-state index contributed by atoms with van der Waals surface area (Å²) >= 11 is 7.42. The van der Waals surface area contributed by atoms with Crippen molar-refractivity contribution in [3.63, 3.8) is 0 Å². The van der Waals surface area contributed by atoms with Gasteiger partial charge in [-0.25, -0.2) is 0 Å². The molecular weight excluding hydrogens is 315 g/mol. The van der Waals surface area contributed by atoms with Crippen molar-refractivity contribution in [3.05, 3.63) is 31.9 Å². The van der Waals surface area contributed by atoms with Crippen molar-refractivity contribution in [2.45, 2.75) is 13.1 Å². The first-order chi connectivity index (χ1) is 5.82. The Morgan fingerprint density at radius 1 is 1.31 bits per heavy atom. The summed E-state index contributed by atoms with van der Waals surface area (Å²) < 4.78 is 37.5. The zero-order valence-electron chi connectivity index (χ0n) is 6.54. The summed E-state index contributed by atoms with van der Waals surface area (Å²) in [6.45, 7) is 1.36. The molecule has 1 aromatic carbocycles. The summed E-state index contributed by atoms with van der Waals surface area (Å²) in [6.07, 6.45) is -4.32. The third-order valence-electron chi connectivity index (χ3n) is 1.61. The van der Waals surface area contributed by atoms with Gasteiger partial charge in [-0.1, -0.05) is 11.6 Å². The highest BCUT2D eigenvalue weighted by molar-refractivity contribution is 14.1. The van der Waals surface area contributed by atoms with Crippen molar-refractivity contribution in [2.75, 3.05) is 0 Å². The minimum absolute atomic E-state index is 0.0783. The van der Waals surface area contributed by atoms with Crippen molar-refractivity contribution in [1.82, 2.24) is 0 Å². The first kappa shape index (κ1) is 11.1. The molecule has 0 spiro atoms. The molecule has 13 heavy (non-hydrogen) atoms. The van der Waals surface area contributed by atoms with E-state index in [1.807, 2.05) is 0 Å². The number of alkyl halides is 3. The molecule has 1 aromatic rings. The Balaban J connectivity index is 3.37. The predicted molar refractivity (Wildman–Crippen MR) is 53.9 cm³/mol. The lowest BCUT2D eigenvalue weighted by Crippen LogP contribution is -2.08. The van der Waals surface area contributed by atoms with Crippen LogP contribution in [-0.2, 0) is 6.18 Å². The molecule has 72 valence electrons. The molecule has 0 nitrogen and oxygen atoms in total. The van der Waals surface area contributed by atoms with Crippen LogP contribution in [0.1, 0.15) is 11.1 Å². The first-order valence-corrected chi connectivity index (χ1v) is 4.81. The molecule has 0 saturated heterocycles. The van der Waals surface area contributed by atoms with Crippen LogP contribution >= 0.6 is 34.2 Å². The second-order valence-corrected chi connectivity index (χ2v) is 4.21. The predicted octanol–water partition coefficient (Wildman–Crippen LogP) is 4.27. The van der Waals surface area contributed by atoms with Gasteiger partial charge >= 0.3 is 6.18 Å². The van der Waals surface area contributed by atoms with Gasteiger partial charge in [-0.15, -0.1) is 0 Å². The van der Waals surface area contributed by atoms with E-state index in [0.717, 1.165) is 6.07 Å². The van der Waals surface area contributed by atoms with E-state index < -0.39 is 11.7 Å². The third kappa shape index (κ3) is 2.49. The van der Waals surface area contributed by atoms with E-state index in [0.29, 0.717) is 3.57 Å². The number of halogens is 5. The molecular formula is C8H5ClF3I. The van der Waals surface area contributed by atoms with Crippen LogP contribution in [0.15, 0.2) is 12.1 Å². The number of benzene rings is 1. The van der Waals surface area contributed by atoms with Crippen LogP contribution in [0.4, 0.5) is 13.2 Å². The number of rotatable bonds is 0. The highest BCUT2D eigenvalue weighted by Gasteiger charge is 2.33. The van der Waals surface area contributed by atoms with Gasteiger partial charge in [-0.2, -0.15) is 13.2 Å². The molecule has 0 bridgehead atoms. The fourth-order valence-corrected chi connectivity index (χ4v) is 1.97. The maximum atomic E-state index is 12.3. The summed E-state index contributed by atoms with van der Waals surface area (Å²) in [5.74, 6) is 0. The standard InChI is InChI=1S/C8H5ClF3I/c1-4-6(8(10,11)12)2-5(13)3-7(4)9/h2-3H,1H3. The molecule has 0 heterocycles. The summed E-state index contributed by atoms with van der Waals surface area (Å²) in [5, 5.41) is 0.152. The van der Waals surface area contributed by atoms with E-state index in [9.17, 15) is 13.2 Å². The fraction of sp³-hybridized carbons (Fsp3) is 0.250. The molecule has 0 aliphatic carbocycles. The van der Waals surface area contributed by atoms with Crippen LogP contribution in [0.3, 0.4) is 0 Å². The normalized spacial score (nSPS) is 11.8. The summed E-state index contributed by atoms with van der Waals surface area (Å²) in [7, 11) is 0. The monoisotopic (exact) mass is 320 g/mol. The van der Waals surface area contributed by atoms with Crippen LogP contribution in [0.2, 0.25) is 5.02 Å². The first-order valence-electron chi connectivity index (χ1n) is 3.35. The van der Waals surface area contributed by atoms with Gasteiger partial charge in [-0.3, -0.25) is 0 Å². The zero-order valence-corrected chi connectivity index (χ0v) is 9.46. The van der Waals surface area contributed by atoms with E-state index in [1.54, 1.807) is 22.6 Å². The lowest BCUT2D eigenvalue weighted by atomic mass is 10.1. The summed E-state index contributed by atoms with van der Waals surface area (Å²) in [6, 6.07) is 2.59. The Hall–Kier alpha value is 0.0300. The minimum atomic E-state index is -4.32. The van der Waals surface area contributed by atoms with E-state index >= 15 is 0 Å². The molecule has 0 unspecified atom stereocenters. The fourth-order valence-electron chi connectivity index (χ4n) is 0.940. The van der Waals surface area contributed by atoms with Gasteiger partial charge in [0.25, 0.3) is 0 Å². The molecule has 0 N–H and O–H groups in total. The van der Waals surface area contributed by atoms with Gasteiger partial charge in [-0.05, 0) is 47.2 Å². The summed E-state index contributed by atoms with van der Waals surface area (Å²) in [5.41, 5.74) is -0.584. The van der Waals surface area contributed by atoms with E-state index in [2.05, 4.69) is 0 Å². The van der Waals surface area contributed by atoms with Crippen LogP contribution in [0.25, 0.3) is 0 Å². The SMILES string of the molecule is Cc1c(Cl)cc(I)cc1C(F)(F)F. The van der Waals surface area contributed by atoms with Gasteiger partial charge in [0.2, 0.25) is 0 Å². The third-order valence-corrected chi connectivity index (χ3v) is 2.63. The molecule has 5 heteroatoms. The topological polar surface area (TPSA) is 0 Å². The number of hydrogen-bond acceptors (Lipinski definition) is 0. The average molecular weight is 320 g/mol. The Labute approximate surface area is 92.2 Å². The largest absolute Gasteiger partial charge is 0.416 e. The minimum Gasteiger partial charge on any atom is -0.166 e. The van der Waals surface area contributed by atoms with Crippen molar-refractivity contribution in [2.24, 2.45) is 0 Å². The van der Waals surface area contributed by atoms with Crippen LogP contribution in [0, 0.1) is 10.5 Å². The van der Waals surface area contributed by atoms with E-state index in [-0.39, 0.29) is 10.6 Å². The molecule has 0 radical (unpaired) electrons. The zero-order chi connectivity index (χ0) is 10.2. The molecule has 0 atom stereocenters. The van der Waals surface area contributed by atoms with Gasteiger partial charge < -0.3 is 0 Å². The Morgan fingerprint density at radius 2 is 1.85 bits per heavy atom. The van der Waals surface area contributed by atoms with Crippen molar-refractivity contribution in [3.8, 4) is 0 Å². The van der Waals surface area contributed by atoms with Gasteiger partial charge in [0.05, 0.1) is 5.56 Å². The highest BCUT2D eigenvalue weighted by atomic mass is 127. The maximum absolute atomic E-state index is 12.3. The molecule has 0 aromatic heterocycles. The van der Waals surface area contributed by atoms with Gasteiger partial charge in [0.15, 0.2) is 0 Å². The molecule has 0 amide bonds. The van der Waals surface area contributed by atoms with Crippen molar-refractivity contribution in [1.29, 1.82) is 0 Å².